The van der Waals surface area contributed by atoms with Gasteiger partial charge in [-0.1, -0.05) is 38.8 Å². The zero-order valence-electron chi connectivity index (χ0n) is 18.8. The van der Waals surface area contributed by atoms with Gasteiger partial charge >= 0.3 is 5.97 Å². The van der Waals surface area contributed by atoms with Gasteiger partial charge in [-0.25, -0.2) is 4.79 Å². The minimum absolute atomic E-state index is 0.00294. The van der Waals surface area contributed by atoms with E-state index in [1.165, 1.54) is 0 Å². The fourth-order valence-corrected chi connectivity index (χ4v) is 4.01. The molecule has 2 aromatic heterocycles. The Labute approximate surface area is 199 Å². The number of carboxylic acid groups (broad SMARTS) is 1. The number of carbonyl (C=O) groups excluding carboxylic acids is 2. The normalized spacial score (nSPS) is 16.7. The van der Waals surface area contributed by atoms with E-state index in [1.807, 2.05) is 32.0 Å². The highest BCUT2D eigenvalue weighted by atomic mass is 32.1. The Bertz CT molecular complexity index is 976. The molecule has 1 aliphatic carbocycles. The second-order valence-corrected chi connectivity index (χ2v) is 9.36. The Balaban J connectivity index is 1.71. The molecule has 0 bridgehead atoms. The number of amides is 2. The van der Waals surface area contributed by atoms with Crippen molar-refractivity contribution in [2.45, 2.75) is 62.8 Å². The molecule has 2 aromatic rings. The molecule has 8 nitrogen and oxygen atoms in total. The molecule has 0 radical (unpaired) electrons. The topological polar surface area (TPSA) is 121 Å². The highest BCUT2D eigenvalue weighted by Crippen LogP contribution is 2.31. The van der Waals surface area contributed by atoms with Crippen molar-refractivity contribution < 1.29 is 19.5 Å². The third-order valence-electron chi connectivity index (χ3n) is 5.95. The molecule has 2 amide bonds. The summed E-state index contributed by atoms with van der Waals surface area (Å²) in [6.45, 7) is 3.76. The quantitative estimate of drug-likeness (QED) is 0.418. The second kappa shape index (κ2) is 10.8. The highest BCUT2D eigenvalue weighted by Gasteiger charge is 2.44. The lowest BCUT2D eigenvalue weighted by atomic mass is 9.94. The summed E-state index contributed by atoms with van der Waals surface area (Å²) in [6, 6.07) is 7.92. The lowest BCUT2D eigenvalue weighted by Crippen LogP contribution is -2.61. The van der Waals surface area contributed by atoms with Crippen LogP contribution in [0.3, 0.4) is 0 Å². The maximum Gasteiger partial charge on any atom is 0.326 e. The van der Waals surface area contributed by atoms with Gasteiger partial charge in [-0.05, 0) is 42.5 Å². The number of carbonyl (C=O) groups is 3. The summed E-state index contributed by atoms with van der Waals surface area (Å²) in [7, 11) is 0. The molecular formula is C24H30N4O4S. The molecular weight excluding hydrogens is 440 g/mol. The molecule has 1 fully saturated rings. The van der Waals surface area contributed by atoms with E-state index in [1.54, 1.807) is 24.5 Å². The number of hydrogen-bond donors (Lipinski definition) is 4. The molecule has 0 saturated heterocycles. The predicted octanol–water partition coefficient (Wildman–Crippen LogP) is 2.64. The van der Waals surface area contributed by atoms with Crippen molar-refractivity contribution >= 4 is 30.4 Å². The molecule has 2 unspecified atom stereocenters. The number of aromatic nitrogens is 2. The molecule has 1 aliphatic rings. The Hall–Kier alpha value is -2.94. The standard InChI is InChI=1S/C24H30N4O4S/c1-15(2)20(33)21(29)28-24(10-4-5-11-24)23(32)27-19(22(30)31)13-16-8-9-18(26-14-16)17-7-3-6-12-25-17/h3,6-9,12,14-15,19-20,33H,4-5,10-11,13H2,1-2H3,(H,27,32)(H,28,29)(H,30,31). The Morgan fingerprint density at radius 2 is 1.79 bits per heavy atom. The molecule has 1 saturated carbocycles. The van der Waals surface area contributed by atoms with Gasteiger partial charge in [-0.15, -0.1) is 0 Å². The number of rotatable bonds is 9. The summed E-state index contributed by atoms with van der Waals surface area (Å²) in [4.78, 5) is 46.4. The summed E-state index contributed by atoms with van der Waals surface area (Å²) in [6.07, 6.45) is 5.84. The largest absolute Gasteiger partial charge is 0.480 e. The summed E-state index contributed by atoms with van der Waals surface area (Å²) >= 11 is 4.35. The lowest BCUT2D eigenvalue weighted by Gasteiger charge is -2.32. The van der Waals surface area contributed by atoms with E-state index >= 15 is 0 Å². The van der Waals surface area contributed by atoms with Crippen LogP contribution in [-0.2, 0) is 20.8 Å². The number of carboxylic acids is 1. The van der Waals surface area contributed by atoms with Crippen LogP contribution in [0.4, 0.5) is 0 Å². The SMILES string of the molecule is CC(C)C(S)C(=O)NC1(C(=O)NC(Cc2ccc(-c3ccccn3)nc2)C(=O)O)CCCC1. The minimum atomic E-state index is -1.15. The van der Waals surface area contributed by atoms with Crippen LogP contribution in [-0.4, -0.2) is 49.7 Å². The van der Waals surface area contributed by atoms with Crippen molar-refractivity contribution in [3.63, 3.8) is 0 Å². The van der Waals surface area contributed by atoms with Gasteiger partial charge in [0.15, 0.2) is 0 Å². The molecule has 0 aliphatic heterocycles. The molecule has 176 valence electrons. The van der Waals surface area contributed by atoms with Gasteiger partial charge < -0.3 is 15.7 Å². The van der Waals surface area contributed by atoms with Crippen molar-refractivity contribution in [3.8, 4) is 11.4 Å². The van der Waals surface area contributed by atoms with Gasteiger partial charge in [0.25, 0.3) is 0 Å². The number of nitrogens with one attached hydrogen (secondary N) is 2. The average molecular weight is 471 g/mol. The number of aliphatic carboxylic acids is 1. The van der Waals surface area contributed by atoms with Crippen LogP contribution in [0.15, 0.2) is 42.7 Å². The van der Waals surface area contributed by atoms with Gasteiger partial charge in [0.05, 0.1) is 16.6 Å². The summed E-state index contributed by atoms with van der Waals surface area (Å²) in [5, 5.41) is 14.7. The first-order valence-electron chi connectivity index (χ1n) is 11.1. The maximum absolute atomic E-state index is 13.2. The summed E-state index contributed by atoms with van der Waals surface area (Å²) in [5.74, 6) is -1.93. The fourth-order valence-electron chi connectivity index (χ4n) is 3.94. The molecule has 0 spiro atoms. The fraction of sp³-hybridized carbons (Fsp3) is 0.458. The van der Waals surface area contributed by atoms with Crippen molar-refractivity contribution in [1.29, 1.82) is 0 Å². The Morgan fingerprint density at radius 1 is 1.09 bits per heavy atom. The van der Waals surface area contributed by atoms with Crippen LogP contribution in [0.2, 0.25) is 0 Å². The summed E-state index contributed by atoms with van der Waals surface area (Å²) < 4.78 is 0. The number of pyridine rings is 2. The van der Waals surface area contributed by atoms with Gasteiger partial charge in [-0.2, -0.15) is 12.6 Å². The number of thiol groups is 1. The number of nitrogens with zero attached hydrogens (tertiary/aromatic N) is 2. The average Bonchev–Trinajstić information content (AvgIpc) is 3.28. The first-order chi connectivity index (χ1) is 15.7. The molecule has 3 N–H and O–H groups in total. The maximum atomic E-state index is 13.2. The van der Waals surface area contributed by atoms with E-state index in [0.717, 1.165) is 18.5 Å². The van der Waals surface area contributed by atoms with E-state index in [9.17, 15) is 19.5 Å². The number of hydrogen-bond acceptors (Lipinski definition) is 6. The minimum Gasteiger partial charge on any atom is -0.480 e. The van der Waals surface area contributed by atoms with Gasteiger partial charge in [0, 0.05) is 18.8 Å². The van der Waals surface area contributed by atoms with Crippen LogP contribution in [0.25, 0.3) is 11.4 Å². The van der Waals surface area contributed by atoms with Crippen LogP contribution < -0.4 is 10.6 Å². The van der Waals surface area contributed by atoms with Crippen LogP contribution in [0.1, 0.15) is 45.1 Å². The van der Waals surface area contributed by atoms with Crippen molar-refractivity contribution in [3.05, 3.63) is 48.3 Å². The van der Waals surface area contributed by atoms with E-state index in [2.05, 4.69) is 33.2 Å². The van der Waals surface area contributed by atoms with E-state index in [0.29, 0.717) is 24.1 Å². The van der Waals surface area contributed by atoms with Crippen LogP contribution in [0, 0.1) is 5.92 Å². The molecule has 2 heterocycles. The van der Waals surface area contributed by atoms with E-state index in [-0.39, 0.29) is 18.2 Å². The molecule has 33 heavy (non-hydrogen) atoms. The Morgan fingerprint density at radius 3 is 2.33 bits per heavy atom. The summed E-state index contributed by atoms with van der Waals surface area (Å²) in [5.41, 5.74) is 0.952. The third kappa shape index (κ3) is 6.10. The lowest BCUT2D eigenvalue weighted by molar-refractivity contribution is -0.143. The van der Waals surface area contributed by atoms with Crippen LogP contribution in [0.5, 0.6) is 0 Å². The zero-order chi connectivity index (χ0) is 24.0. The Kier molecular flexibility index (Phi) is 8.07. The van der Waals surface area contributed by atoms with Gasteiger partial charge in [0.2, 0.25) is 11.8 Å². The van der Waals surface area contributed by atoms with Crippen molar-refractivity contribution in [2.24, 2.45) is 5.92 Å². The first kappa shape index (κ1) is 24.7. The molecule has 9 heteroatoms. The zero-order valence-corrected chi connectivity index (χ0v) is 19.7. The molecule has 3 rings (SSSR count). The smallest absolute Gasteiger partial charge is 0.326 e. The van der Waals surface area contributed by atoms with Crippen molar-refractivity contribution in [1.82, 2.24) is 20.6 Å². The monoisotopic (exact) mass is 470 g/mol. The van der Waals surface area contributed by atoms with Crippen molar-refractivity contribution in [2.75, 3.05) is 0 Å². The first-order valence-corrected chi connectivity index (χ1v) is 11.6. The predicted molar refractivity (Wildman–Crippen MR) is 128 cm³/mol. The molecule has 0 aromatic carbocycles. The highest BCUT2D eigenvalue weighted by molar-refractivity contribution is 7.81. The van der Waals surface area contributed by atoms with E-state index < -0.39 is 28.7 Å². The van der Waals surface area contributed by atoms with E-state index in [4.69, 9.17) is 0 Å². The van der Waals surface area contributed by atoms with Gasteiger partial charge in [0.1, 0.15) is 11.6 Å². The second-order valence-electron chi connectivity index (χ2n) is 8.80. The van der Waals surface area contributed by atoms with Gasteiger partial charge in [-0.3, -0.25) is 19.6 Å². The van der Waals surface area contributed by atoms with Crippen LogP contribution >= 0.6 is 12.6 Å². The molecule has 2 atom stereocenters. The third-order valence-corrected chi connectivity index (χ3v) is 6.78.